The molecule has 0 saturated heterocycles. The summed E-state index contributed by atoms with van der Waals surface area (Å²) in [5.74, 6) is 2.70. The van der Waals surface area contributed by atoms with E-state index in [0.29, 0.717) is 6.04 Å². The van der Waals surface area contributed by atoms with Gasteiger partial charge < -0.3 is 15.7 Å². The fraction of sp³-hybridized carbons (Fsp3) is 0.944. The molecule has 0 aromatic rings. The highest BCUT2D eigenvalue weighted by Gasteiger charge is 2.21. The highest BCUT2D eigenvalue weighted by molar-refractivity contribution is 5.80. The van der Waals surface area contributed by atoms with E-state index in [1.165, 1.54) is 32.1 Å². The lowest BCUT2D eigenvalue weighted by Gasteiger charge is -2.29. The highest BCUT2D eigenvalue weighted by Crippen LogP contribution is 2.30. The lowest BCUT2D eigenvalue weighted by Crippen LogP contribution is -2.45. The Morgan fingerprint density at radius 1 is 0.955 bits per heavy atom. The van der Waals surface area contributed by atoms with Gasteiger partial charge in [0.25, 0.3) is 0 Å². The monoisotopic (exact) mass is 309 g/mol. The number of aliphatic imine (C=N–C) groups is 1. The number of nitrogens with one attached hydrogen (secondary N) is 2. The third kappa shape index (κ3) is 5.79. The molecule has 2 rings (SSSR count). The Bertz CT molecular complexity index is 329. The zero-order valence-corrected chi connectivity index (χ0v) is 14.5. The molecule has 2 aliphatic rings. The van der Waals surface area contributed by atoms with Crippen molar-refractivity contribution in [1.82, 2.24) is 10.6 Å². The number of hydrogen-bond acceptors (Lipinski definition) is 2. The van der Waals surface area contributed by atoms with Crippen molar-refractivity contribution in [2.45, 2.75) is 83.8 Å². The number of nitrogens with zero attached hydrogens (tertiary/aromatic N) is 1. The van der Waals surface area contributed by atoms with Crippen molar-refractivity contribution in [2.75, 3.05) is 13.1 Å². The van der Waals surface area contributed by atoms with E-state index in [2.05, 4.69) is 24.5 Å². The molecule has 0 spiro atoms. The molecule has 2 saturated carbocycles. The molecule has 0 unspecified atom stereocenters. The van der Waals surface area contributed by atoms with Gasteiger partial charge in [0, 0.05) is 19.1 Å². The van der Waals surface area contributed by atoms with Gasteiger partial charge in [0.2, 0.25) is 0 Å². The summed E-state index contributed by atoms with van der Waals surface area (Å²) in [6, 6.07) is 0.469. The van der Waals surface area contributed by atoms with Gasteiger partial charge in [-0.25, -0.2) is 0 Å². The maximum absolute atomic E-state index is 9.61. The third-order valence-electron chi connectivity index (χ3n) is 5.43. The Kier molecular flexibility index (Phi) is 7.50. The van der Waals surface area contributed by atoms with Crippen LogP contribution in [0.4, 0.5) is 0 Å². The van der Waals surface area contributed by atoms with Crippen LogP contribution < -0.4 is 10.6 Å². The molecule has 2 fully saturated rings. The van der Waals surface area contributed by atoms with Crippen molar-refractivity contribution in [1.29, 1.82) is 0 Å². The largest absolute Gasteiger partial charge is 0.393 e. The van der Waals surface area contributed by atoms with Crippen molar-refractivity contribution >= 4 is 5.96 Å². The van der Waals surface area contributed by atoms with E-state index < -0.39 is 0 Å². The predicted molar refractivity (Wildman–Crippen MR) is 93.1 cm³/mol. The van der Waals surface area contributed by atoms with Crippen LogP contribution in [0.5, 0.6) is 0 Å². The van der Waals surface area contributed by atoms with Gasteiger partial charge >= 0.3 is 0 Å². The van der Waals surface area contributed by atoms with Gasteiger partial charge in [0.15, 0.2) is 5.96 Å². The second-order valence-corrected chi connectivity index (χ2v) is 7.16. The molecule has 0 atom stereocenters. The van der Waals surface area contributed by atoms with Crippen molar-refractivity contribution < 1.29 is 5.11 Å². The van der Waals surface area contributed by atoms with Gasteiger partial charge in [-0.05, 0) is 57.3 Å². The van der Waals surface area contributed by atoms with Crippen molar-refractivity contribution in [2.24, 2.45) is 16.8 Å². The third-order valence-corrected chi connectivity index (χ3v) is 5.43. The van der Waals surface area contributed by atoms with Gasteiger partial charge in [-0.15, -0.1) is 0 Å². The van der Waals surface area contributed by atoms with Crippen LogP contribution in [-0.4, -0.2) is 36.3 Å². The van der Waals surface area contributed by atoms with Crippen LogP contribution in [0.3, 0.4) is 0 Å². The first kappa shape index (κ1) is 17.6. The molecule has 4 heteroatoms. The van der Waals surface area contributed by atoms with Gasteiger partial charge in [0.05, 0.1) is 6.10 Å². The first-order valence-electron chi connectivity index (χ1n) is 9.44. The van der Waals surface area contributed by atoms with E-state index in [-0.39, 0.29) is 6.10 Å². The van der Waals surface area contributed by atoms with E-state index in [0.717, 1.165) is 56.6 Å². The Morgan fingerprint density at radius 2 is 1.59 bits per heavy atom. The number of guanidine groups is 1. The van der Waals surface area contributed by atoms with E-state index in [1.54, 1.807) is 0 Å². The van der Waals surface area contributed by atoms with Crippen LogP contribution in [-0.2, 0) is 0 Å². The van der Waals surface area contributed by atoms with Crippen LogP contribution in [0.15, 0.2) is 4.99 Å². The van der Waals surface area contributed by atoms with Crippen molar-refractivity contribution in [3.8, 4) is 0 Å². The van der Waals surface area contributed by atoms with Crippen LogP contribution >= 0.6 is 0 Å². The first-order chi connectivity index (χ1) is 10.7. The fourth-order valence-corrected chi connectivity index (χ4v) is 3.78. The fourth-order valence-electron chi connectivity index (χ4n) is 3.78. The van der Waals surface area contributed by atoms with E-state index in [9.17, 15) is 5.11 Å². The molecule has 3 N–H and O–H groups in total. The molecular weight excluding hydrogens is 274 g/mol. The molecule has 4 nitrogen and oxygen atoms in total. The van der Waals surface area contributed by atoms with Gasteiger partial charge in [-0.1, -0.05) is 26.2 Å². The molecule has 0 heterocycles. The summed E-state index contributed by atoms with van der Waals surface area (Å²) in [5.41, 5.74) is 0. The van der Waals surface area contributed by atoms with Gasteiger partial charge in [-0.3, -0.25) is 4.99 Å². The molecule has 0 bridgehead atoms. The molecule has 0 aromatic carbocycles. The lowest BCUT2D eigenvalue weighted by molar-refractivity contribution is 0.120. The van der Waals surface area contributed by atoms with E-state index in [4.69, 9.17) is 4.99 Å². The Hall–Kier alpha value is -0.770. The average Bonchev–Trinajstić information content (AvgIpc) is 2.55. The highest BCUT2D eigenvalue weighted by atomic mass is 16.3. The Balaban J connectivity index is 1.77. The Labute approximate surface area is 136 Å². The topological polar surface area (TPSA) is 56.7 Å². The molecule has 22 heavy (non-hydrogen) atoms. The molecular formula is C18H35N3O. The summed E-state index contributed by atoms with van der Waals surface area (Å²) in [6.45, 7) is 6.30. The summed E-state index contributed by atoms with van der Waals surface area (Å²) in [6.07, 6.45) is 10.6. The van der Waals surface area contributed by atoms with E-state index >= 15 is 0 Å². The SMILES string of the molecule is CCNC(=NCC1CCC(CC)CC1)NC1CCC(O)CC1. The summed E-state index contributed by atoms with van der Waals surface area (Å²) in [7, 11) is 0. The number of rotatable bonds is 5. The molecule has 128 valence electrons. The summed E-state index contributed by atoms with van der Waals surface area (Å²) in [5, 5.41) is 16.5. The predicted octanol–water partition coefficient (Wildman–Crippen LogP) is 3.06. The van der Waals surface area contributed by atoms with Crippen LogP contribution in [0.1, 0.15) is 71.6 Å². The maximum atomic E-state index is 9.61. The number of aliphatic hydroxyl groups is 1. The number of aliphatic hydroxyl groups excluding tert-OH is 1. The number of hydrogen-bond donors (Lipinski definition) is 3. The molecule has 0 amide bonds. The minimum absolute atomic E-state index is 0.0914. The van der Waals surface area contributed by atoms with Crippen molar-refractivity contribution in [3.05, 3.63) is 0 Å². The quantitative estimate of drug-likeness (QED) is 0.540. The zero-order valence-electron chi connectivity index (χ0n) is 14.5. The maximum Gasteiger partial charge on any atom is 0.191 e. The standard InChI is InChI=1S/C18H35N3O/c1-3-14-5-7-15(8-6-14)13-20-18(19-4-2)21-16-9-11-17(22)12-10-16/h14-17,22H,3-13H2,1-2H3,(H2,19,20,21). The smallest absolute Gasteiger partial charge is 0.191 e. The average molecular weight is 309 g/mol. The minimum Gasteiger partial charge on any atom is -0.393 e. The zero-order chi connectivity index (χ0) is 15.8. The summed E-state index contributed by atoms with van der Waals surface area (Å²) in [4.78, 5) is 4.83. The molecule has 2 aliphatic carbocycles. The second kappa shape index (κ2) is 9.39. The van der Waals surface area contributed by atoms with Gasteiger partial charge in [0.1, 0.15) is 0 Å². The lowest BCUT2D eigenvalue weighted by atomic mass is 9.81. The van der Waals surface area contributed by atoms with Crippen LogP contribution in [0.25, 0.3) is 0 Å². The first-order valence-corrected chi connectivity index (χ1v) is 9.44. The van der Waals surface area contributed by atoms with Crippen LogP contribution in [0, 0.1) is 11.8 Å². The van der Waals surface area contributed by atoms with Crippen molar-refractivity contribution in [3.63, 3.8) is 0 Å². The minimum atomic E-state index is -0.0914. The summed E-state index contributed by atoms with van der Waals surface area (Å²) >= 11 is 0. The second-order valence-electron chi connectivity index (χ2n) is 7.16. The normalized spacial score (nSPS) is 33.5. The molecule has 0 aliphatic heterocycles. The molecule has 0 aromatic heterocycles. The van der Waals surface area contributed by atoms with Crippen LogP contribution in [0.2, 0.25) is 0 Å². The van der Waals surface area contributed by atoms with Gasteiger partial charge in [-0.2, -0.15) is 0 Å². The summed E-state index contributed by atoms with van der Waals surface area (Å²) < 4.78 is 0. The van der Waals surface area contributed by atoms with E-state index in [1.807, 2.05) is 0 Å². The Morgan fingerprint density at radius 3 is 2.18 bits per heavy atom. The molecule has 0 radical (unpaired) electrons.